The number of rotatable bonds is 9. The van der Waals surface area contributed by atoms with Crippen LogP contribution in [0.25, 0.3) is 33.5 Å². The SMILES string of the molecule is CC(C)NC(=O)c1ccc(-c2ccc(Cl)cc2)c(COc2ccc(-c3nc4cc(C(=O)O)ccc4n3C3CCSCC3)c(F)c2)c1.Cl. The maximum atomic E-state index is 15.9. The summed E-state index contributed by atoms with van der Waals surface area (Å²) >= 11 is 8.01. The molecule has 11 heteroatoms. The summed E-state index contributed by atoms with van der Waals surface area (Å²) in [6, 6.07) is 22.5. The van der Waals surface area contributed by atoms with Gasteiger partial charge < -0.3 is 19.7 Å². The lowest BCUT2D eigenvalue weighted by Crippen LogP contribution is -2.30. The maximum absolute atomic E-state index is 15.9. The van der Waals surface area contributed by atoms with Gasteiger partial charge in [0.15, 0.2) is 0 Å². The smallest absolute Gasteiger partial charge is 0.335 e. The Labute approximate surface area is 287 Å². The summed E-state index contributed by atoms with van der Waals surface area (Å²) < 4.78 is 24.1. The van der Waals surface area contributed by atoms with Crippen molar-refractivity contribution in [1.82, 2.24) is 14.9 Å². The van der Waals surface area contributed by atoms with Crippen molar-refractivity contribution in [2.45, 2.75) is 45.4 Å². The topological polar surface area (TPSA) is 93.4 Å². The van der Waals surface area contributed by atoms with E-state index in [9.17, 15) is 14.7 Å². The van der Waals surface area contributed by atoms with Gasteiger partial charge in [0.25, 0.3) is 5.91 Å². The first kappa shape index (κ1) is 34.3. The third-order valence-electron chi connectivity index (χ3n) is 8.01. The van der Waals surface area contributed by atoms with Gasteiger partial charge in [0.1, 0.15) is 24.0 Å². The number of hydrogen-bond donors (Lipinski definition) is 2. The molecule has 2 heterocycles. The van der Waals surface area contributed by atoms with E-state index in [2.05, 4.69) is 9.88 Å². The van der Waals surface area contributed by atoms with Crippen molar-refractivity contribution < 1.29 is 23.8 Å². The lowest BCUT2D eigenvalue weighted by Gasteiger charge is -2.25. The molecule has 1 aliphatic rings. The molecule has 47 heavy (non-hydrogen) atoms. The quantitative estimate of drug-likeness (QED) is 0.160. The van der Waals surface area contributed by atoms with Gasteiger partial charge in [-0.3, -0.25) is 4.79 Å². The van der Waals surface area contributed by atoms with Crippen LogP contribution in [0.1, 0.15) is 59.0 Å². The number of aromatic nitrogens is 2. The Kier molecular flexibility index (Phi) is 10.8. The average Bonchev–Trinajstić information content (AvgIpc) is 3.42. The summed E-state index contributed by atoms with van der Waals surface area (Å²) in [6.07, 6.45) is 1.83. The molecule has 4 aromatic carbocycles. The second-order valence-corrected chi connectivity index (χ2v) is 13.3. The number of carbonyl (C=O) groups is 2. The predicted octanol–water partition coefficient (Wildman–Crippen LogP) is 9.07. The summed E-state index contributed by atoms with van der Waals surface area (Å²) in [5.41, 5.74) is 4.79. The van der Waals surface area contributed by atoms with E-state index in [0.29, 0.717) is 33.2 Å². The molecule has 0 unspecified atom stereocenters. The summed E-state index contributed by atoms with van der Waals surface area (Å²) in [5.74, 6) is 1.04. The molecule has 0 bridgehead atoms. The number of benzene rings is 4. The third kappa shape index (κ3) is 7.59. The summed E-state index contributed by atoms with van der Waals surface area (Å²) in [5, 5.41) is 13.1. The molecule has 6 rings (SSSR count). The lowest BCUT2D eigenvalue weighted by atomic mass is 9.97. The number of fused-ring (bicyclic) bond motifs is 1. The highest BCUT2D eigenvalue weighted by atomic mass is 35.5. The highest BCUT2D eigenvalue weighted by molar-refractivity contribution is 7.99. The van der Waals surface area contributed by atoms with Gasteiger partial charge >= 0.3 is 5.97 Å². The predicted molar refractivity (Wildman–Crippen MR) is 189 cm³/mol. The Morgan fingerprint density at radius 2 is 1.70 bits per heavy atom. The Morgan fingerprint density at radius 1 is 1.00 bits per heavy atom. The van der Waals surface area contributed by atoms with Gasteiger partial charge in [0.2, 0.25) is 0 Å². The standard InChI is InChI=1S/C36H33ClFN3O4S.ClH/c1-21(2)39-35(42)23-5-10-29(22-3-7-26(37)8-4-22)25(17-23)20-45-28-9-11-30(31(38)19-28)34-40-32-18-24(36(43)44)6-12-33(32)41(34)27-13-15-46-16-14-27;/h3-12,17-19,21,27H,13-16,20H2,1-2H3,(H,39,42)(H,43,44);1H. The Balaban J connectivity index is 0.00000433. The molecule has 1 aliphatic heterocycles. The fourth-order valence-corrected chi connectivity index (χ4v) is 6.98. The molecule has 0 spiro atoms. The van der Waals surface area contributed by atoms with E-state index in [4.69, 9.17) is 21.3 Å². The van der Waals surface area contributed by atoms with E-state index in [-0.39, 0.29) is 42.6 Å². The molecule has 1 aromatic heterocycles. The molecule has 0 atom stereocenters. The first-order chi connectivity index (χ1) is 22.2. The summed E-state index contributed by atoms with van der Waals surface area (Å²) in [7, 11) is 0. The highest BCUT2D eigenvalue weighted by Gasteiger charge is 2.25. The molecule has 2 N–H and O–H groups in total. The minimum atomic E-state index is -1.04. The molecule has 7 nitrogen and oxygen atoms in total. The van der Waals surface area contributed by atoms with Crippen LogP contribution in [0.5, 0.6) is 5.75 Å². The Hall–Kier alpha value is -4.05. The van der Waals surface area contributed by atoms with E-state index < -0.39 is 11.8 Å². The van der Waals surface area contributed by atoms with Crippen LogP contribution in [0.15, 0.2) is 78.9 Å². The zero-order valence-corrected chi connectivity index (χ0v) is 28.2. The fourth-order valence-electron chi connectivity index (χ4n) is 5.77. The van der Waals surface area contributed by atoms with E-state index in [1.165, 1.54) is 6.07 Å². The molecule has 0 aliphatic carbocycles. The molecular weight excluding hydrogens is 660 g/mol. The van der Waals surface area contributed by atoms with Crippen LogP contribution < -0.4 is 10.1 Å². The Bertz CT molecular complexity index is 1920. The zero-order chi connectivity index (χ0) is 32.4. The van der Waals surface area contributed by atoms with Crippen LogP contribution in [0, 0.1) is 5.82 Å². The molecule has 1 saturated heterocycles. The van der Waals surface area contributed by atoms with Crippen molar-refractivity contribution >= 4 is 58.7 Å². The number of hydrogen-bond acceptors (Lipinski definition) is 5. The number of amides is 1. The van der Waals surface area contributed by atoms with E-state index >= 15 is 4.39 Å². The number of thioether (sulfide) groups is 1. The minimum Gasteiger partial charge on any atom is -0.489 e. The van der Waals surface area contributed by atoms with Crippen molar-refractivity contribution in [2.75, 3.05) is 11.5 Å². The van der Waals surface area contributed by atoms with Crippen LogP contribution in [0.4, 0.5) is 4.39 Å². The Morgan fingerprint density at radius 3 is 2.38 bits per heavy atom. The number of ether oxygens (including phenoxy) is 1. The number of nitrogens with one attached hydrogen (secondary N) is 1. The van der Waals surface area contributed by atoms with Crippen LogP contribution in [-0.4, -0.2) is 44.1 Å². The first-order valence-electron chi connectivity index (χ1n) is 15.1. The third-order valence-corrected chi connectivity index (χ3v) is 9.31. The maximum Gasteiger partial charge on any atom is 0.335 e. The second-order valence-electron chi connectivity index (χ2n) is 11.6. The van der Waals surface area contributed by atoms with Crippen molar-refractivity contribution in [3.63, 3.8) is 0 Å². The van der Waals surface area contributed by atoms with Gasteiger partial charge in [0, 0.05) is 28.7 Å². The van der Waals surface area contributed by atoms with Gasteiger partial charge in [-0.15, -0.1) is 12.4 Å². The minimum absolute atomic E-state index is 0. The number of carboxylic acid groups (broad SMARTS) is 1. The van der Waals surface area contributed by atoms with Gasteiger partial charge in [0.05, 0.1) is 22.2 Å². The van der Waals surface area contributed by atoms with Crippen LogP contribution in [0.2, 0.25) is 5.02 Å². The molecule has 1 amide bonds. The monoisotopic (exact) mass is 693 g/mol. The van der Waals surface area contributed by atoms with Gasteiger partial charge in [-0.25, -0.2) is 14.2 Å². The number of halogens is 3. The molecular formula is C36H34Cl2FN3O4S. The van der Waals surface area contributed by atoms with Crippen LogP contribution >= 0.6 is 35.8 Å². The molecule has 5 aromatic rings. The summed E-state index contributed by atoms with van der Waals surface area (Å²) in [6.45, 7) is 3.90. The van der Waals surface area contributed by atoms with Crippen molar-refractivity contribution in [3.05, 3.63) is 106 Å². The van der Waals surface area contributed by atoms with Crippen molar-refractivity contribution in [2.24, 2.45) is 0 Å². The molecule has 244 valence electrons. The zero-order valence-electron chi connectivity index (χ0n) is 25.8. The van der Waals surface area contributed by atoms with Crippen LogP contribution in [-0.2, 0) is 6.61 Å². The van der Waals surface area contributed by atoms with Gasteiger partial charge in [-0.2, -0.15) is 11.8 Å². The average molecular weight is 695 g/mol. The normalized spacial score (nSPS) is 13.4. The van der Waals surface area contributed by atoms with Crippen molar-refractivity contribution in [1.29, 1.82) is 0 Å². The van der Waals surface area contributed by atoms with E-state index in [1.54, 1.807) is 54.6 Å². The molecule has 1 fully saturated rings. The van der Waals surface area contributed by atoms with E-state index in [0.717, 1.165) is 46.6 Å². The summed E-state index contributed by atoms with van der Waals surface area (Å²) in [4.78, 5) is 29.2. The van der Waals surface area contributed by atoms with Gasteiger partial charge in [-0.05, 0) is 109 Å². The number of imidazole rings is 1. The number of aromatic carboxylic acids is 1. The molecule has 0 saturated carbocycles. The lowest BCUT2D eigenvalue weighted by molar-refractivity contribution is 0.0696. The highest BCUT2D eigenvalue weighted by Crippen LogP contribution is 2.37. The van der Waals surface area contributed by atoms with Crippen LogP contribution in [0.3, 0.4) is 0 Å². The number of carboxylic acids is 1. The fraction of sp³-hybridized carbons (Fsp3) is 0.250. The number of nitrogens with zero attached hydrogens (tertiary/aromatic N) is 2. The second kappa shape index (κ2) is 14.8. The molecule has 0 radical (unpaired) electrons. The van der Waals surface area contributed by atoms with Crippen molar-refractivity contribution in [3.8, 4) is 28.3 Å². The van der Waals surface area contributed by atoms with E-state index in [1.807, 2.05) is 43.8 Å². The number of carbonyl (C=O) groups excluding carboxylic acids is 1. The van der Waals surface area contributed by atoms with Gasteiger partial charge in [-0.1, -0.05) is 29.8 Å². The largest absolute Gasteiger partial charge is 0.489 e. The first-order valence-corrected chi connectivity index (χ1v) is 16.7.